The molecule has 1 aromatic heterocycles. The first-order valence-corrected chi connectivity index (χ1v) is 6.43. The van der Waals surface area contributed by atoms with Crippen LogP contribution in [0.2, 0.25) is 0 Å². The van der Waals surface area contributed by atoms with Crippen LogP contribution >= 0.6 is 11.8 Å². The summed E-state index contributed by atoms with van der Waals surface area (Å²) in [6.45, 7) is 3.97. The van der Waals surface area contributed by atoms with Crippen LogP contribution in [0.1, 0.15) is 5.69 Å². The summed E-state index contributed by atoms with van der Waals surface area (Å²) in [5.41, 5.74) is 7.62. The minimum absolute atomic E-state index is 0.216. The van der Waals surface area contributed by atoms with Crippen LogP contribution in [0.4, 0.5) is 0 Å². The molecule has 0 aliphatic heterocycles. The third kappa shape index (κ3) is 2.97. The van der Waals surface area contributed by atoms with Crippen molar-refractivity contribution < 1.29 is 5.11 Å². The van der Waals surface area contributed by atoms with Gasteiger partial charge < -0.3 is 10.8 Å². The van der Waals surface area contributed by atoms with E-state index >= 15 is 0 Å². The molecule has 2 aromatic rings. The van der Waals surface area contributed by atoms with Crippen molar-refractivity contribution in [2.24, 2.45) is 12.8 Å². The molecule has 0 bridgehead atoms. The highest BCUT2D eigenvalue weighted by Gasteiger charge is 2.14. The predicted molar refractivity (Wildman–Crippen MR) is 78.1 cm³/mol. The lowest BCUT2D eigenvalue weighted by Gasteiger charge is -2.02. The van der Waals surface area contributed by atoms with E-state index in [-0.39, 0.29) is 5.75 Å². The smallest absolute Gasteiger partial charge is 0.127 e. The molecule has 5 nitrogen and oxygen atoms in total. The lowest BCUT2D eigenvalue weighted by molar-refractivity contribution is 0.475. The summed E-state index contributed by atoms with van der Waals surface area (Å²) >= 11 is 1.39. The quantitative estimate of drug-likeness (QED) is 0.894. The molecule has 0 aliphatic carbocycles. The Hall–Kier alpha value is -2.21. The highest BCUT2D eigenvalue weighted by Crippen LogP contribution is 2.32. The summed E-state index contributed by atoms with van der Waals surface area (Å²) < 4.78 is 0. The molecule has 0 saturated heterocycles. The fourth-order valence-electron chi connectivity index (χ4n) is 1.59. The van der Waals surface area contributed by atoms with Crippen LogP contribution in [0.25, 0.3) is 16.2 Å². The zero-order valence-electron chi connectivity index (χ0n) is 10.4. The first-order chi connectivity index (χ1) is 9.11. The number of rotatable bonds is 4. The fraction of sp³-hybridized carbons (Fsp3) is 0.0769. The van der Waals surface area contributed by atoms with Crippen molar-refractivity contribution in [1.29, 1.82) is 0 Å². The number of phenols is 1. The molecular formula is C13H14N4OS. The van der Waals surface area contributed by atoms with Crippen LogP contribution in [-0.2, 0) is 7.05 Å². The summed E-state index contributed by atoms with van der Waals surface area (Å²) in [4.78, 5) is 2.26. The van der Waals surface area contributed by atoms with Gasteiger partial charge in [0.25, 0.3) is 0 Å². The van der Waals surface area contributed by atoms with Gasteiger partial charge in [-0.25, -0.2) is 0 Å². The Labute approximate surface area is 115 Å². The number of aryl methyl sites for hydroxylation is 1. The molecule has 19 heavy (non-hydrogen) atoms. The summed E-state index contributed by atoms with van der Waals surface area (Å²) in [6, 6.07) is 6.81. The van der Waals surface area contributed by atoms with E-state index in [1.165, 1.54) is 22.8 Å². The molecule has 3 N–H and O–H groups in total. The molecule has 1 heterocycles. The van der Waals surface area contributed by atoms with E-state index < -0.39 is 0 Å². The summed E-state index contributed by atoms with van der Waals surface area (Å²) in [5.74, 6) is 0.216. The second-order valence-electron chi connectivity index (χ2n) is 3.80. The highest BCUT2D eigenvalue weighted by atomic mass is 32.2. The first kappa shape index (κ1) is 13.2. The van der Waals surface area contributed by atoms with Crippen molar-refractivity contribution in [3.05, 3.63) is 48.1 Å². The number of aromatic hydroxyl groups is 1. The number of thioether (sulfide) groups is 1. The van der Waals surface area contributed by atoms with Crippen molar-refractivity contribution in [3.8, 4) is 17.0 Å². The van der Waals surface area contributed by atoms with Gasteiger partial charge in [-0.15, -0.1) is 0 Å². The van der Waals surface area contributed by atoms with Gasteiger partial charge in [-0.1, -0.05) is 18.3 Å². The van der Waals surface area contributed by atoms with Gasteiger partial charge in [-0.3, -0.25) is 0 Å². The van der Waals surface area contributed by atoms with Crippen LogP contribution in [0.5, 0.6) is 5.75 Å². The number of nitrogens with zero attached hydrogens (tertiary/aromatic N) is 3. The average Bonchev–Trinajstić information content (AvgIpc) is 2.79. The van der Waals surface area contributed by atoms with Gasteiger partial charge in [0.15, 0.2) is 0 Å². The summed E-state index contributed by atoms with van der Waals surface area (Å²) in [5, 5.41) is 19.7. The number of nitrogens with two attached hydrogens (primary N) is 1. The van der Waals surface area contributed by atoms with E-state index in [1.54, 1.807) is 36.7 Å². The van der Waals surface area contributed by atoms with Gasteiger partial charge in [0.1, 0.15) is 17.1 Å². The molecule has 2 rings (SSSR count). The maximum atomic E-state index is 9.32. The van der Waals surface area contributed by atoms with Crippen molar-refractivity contribution in [1.82, 2.24) is 15.0 Å². The van der Waals surface area contributed by atoms with Crippen LogP contribution in [0, 0.1) is 0 Å². The molecule has 0 fully saturated rings. The van der Waals surface area contributed by atoms with Crippen LogP contribution in [-0.4, -0.2) is 20.1 Å². The van der Waals surface area contributed by atoms with Gasteiger partial charge >= 0.3 is 0 Å². The second-order valence-corrected chi connectivity index (χ2v) is 4.80. The van der Waals surface area contributed by atoms with Crippen molar-refractivity contribution in [2.75, 3.05) is 0 Å². The van der Waals surface area contributed by atoms with Crippen LogP contribution in [0.3, 0.4) is 0 Å². The molecule has 0 saturated carbocycles. The largest absolute Gasteiger partial charge is 0.508 e. The molecule has 1 aromatic carbocycles. The maximum Gasteiger partial charge on any atom is 0.127 e. The van der Waals surface area contributed by atoms with Crippen molar-refractivity contribution >= 4 is 16.7 Å². The standard InChI is InChI=1S/C13H14N4OS/c1-9(19-8-7-14)12-13(16-17(2)15-12)10-3-5-11(18)6-4-10/h3-8,18H,1,14H2,2H3/b8-7-. The number of hydrogen-bond donors (Lipinski definition) is 2. The molecular weight excluding hydrogens is 260 g/mol. The Balaban J connectivity index is 2.40. The van der Waals surface area contributed by atoms with E-state index in [2.05, 4.69) is 16.8 Å². The van der Waals surface area contributed by atoms with E-state index in [0.717, 1.165) is 16.2 Å². The average molecular weight is 274 g/mol. The Morgan fingerprint density at radius 3 is 2.68 bits per heavy atom. The normalized spacial score (nSPS) is 11.0. The summed E-state index contributed by atoms with van der Waals surface area (Å²) in [7, 11) is 1.75. The van der Waals surface area contributed by atoms with E-state index in [4.69, 9.17) is 5.73 Å². The minimum Gasteiger partial charge on any atom is -0.508 e. The van der Waals surface area contributed by atoms with Gasteiger partial charge in [0, 0.05) is 23.7 Å². The van der Waals surface area contributed by atoms with Crippen molar-refractivity contribution in [2.45, 2.75) is 0 Å². The third-order valence-electron chi connectivity index (χ3n) is 2.41. The zero-order valence-corrected chi connectivity index (χ0v) is 11.3. The molecule has 0 spiro atoms. The number of benzene rings is 1. The molecule has 0 atom stereocenters. The zero-order chi connectivity index (χ0) is 13.8. The van der Waals surface area contributed by atoms with Crippen LogP contribution < -0.4 is 5.73 Å². The van der Waals surface area contributed by atoms with E-state index in [1.807, 2.05) is 0 Å². The highest BCUT2D eigenvalue weighted by molar-refractivity contribution is 8.10. The fourth-order valence-corrected chi connectivity index (χ4v) is 2.08. The molecule has 0 unspecified atom stereocenters. The topological polar surface area (TPSA) is 77.0 Å². The molecule has 0 amide bonds. The third-order valence-corrected chi connectivity index (χ3v) is 3.18. The van der Waals surface area contributed by atoms with Gasteiger partial charge in [-0.05, 0) is 29.7 Å². The van der Waals surface area contributed by atoms with E-state index in [9.17, 15) is 5.11 Å². The molecule has 98 valence electrons. The monoisotopic (exact) mass is 274 g/mol. The van der Waals surface area contributed by atoms with Gasteiger partial charge in [-0.2, -0.15) is 15.0 Å². The van der Waals surface area contributed by atoms with E-state index in [0.29, 0.717) is 5.69 Å². The SMILES string of the molecule is C=C(S/C=C\N)c1nn(C)nc1-c1ccc(O)cc1. The molecule has 6 heteroatoms. The Morgan fingerprint density at radius 1 is 1.37 bits per heavy atom. The Morgan fingerprint density at radius 2 is 2.05 bits per heavy atom. The number of phenolic OH excluding ortho intramolecular Hbond substituents is 1. The Bertz CT molecular complexity index is 616. The first-order valence-electron chi connectivity index (χ1n) is 5.55. The lowest BCUT2D eigenvalue weighted by atomic mass is 10.1. The number of hydrogen-bond acceptors (Lipinski definition) is 5. The molecule has 0 aliphatic rings. The lowest BCUT2D eigenvalue weighted by Crippen LogP contribution is -1.92. The predicted octanol–water partition coefficient (Wildman–Crippen LogP) is 2.32. The molecule has 0 radical (unpaired) electrons. The Kier molecular flexibility index (Phi) is 3.91. The maximum absolute atomic E-state index is 9.32. The van der Waals surface area contributed by atoms with Crippen molar-refractivity contribution in [3.63, 3.8) is 0 Å². The summed E-state index contributed by atoms with van der Waals surface area (Å²) in [6.07, 6.45) is 1.45. The second kappa shape index (κ2) is 5.62. The minimum atomic E-state index is 0.216. The van der Waals surface area contributed by atoms with Gasteiger partial charge in [0.2, 0.25) is 0 Å². The number of aromatic nitrogens is 3. The van der Waals surface area contributed by atoms with Gasteiger partial charge in [0.05, 0.1) is 0 Å². The van der Waals surface area contributed by atoms with Crippen LogP contribution in [0.15, 0.2) is 42.5 Å².